The Morgan fingerprint density at radius 3 is 2.58 bits per heavy atom. The Balaban J connectivity index is 2.26. The van der Waals surface area contributed by atoms with Crippen molar-refractivity contribution in [2.75, 3.05) is 11.9 Å². The third-order valence-electron chi connectivity index (χ3n) is 3.96. The molecule has 1 saturated carbocycles. The number of hydrogen-bond acceptors (Lipinski definition) is 2. The molecule has 3 N–H and O–H groups in total. The summed E-state index contributed by atoms with van der Waals surface area (Å²) in [6.45, 7) is 1.73. The molecule has 2 rings (SSSR count). The van der Waals surface area contributed by atoms with Gasteiger partial charge in [0.15, 0.2) is 5.82 Å². The normalized spacial score (nSPS) is 17.5. The van der Waals surface area contributed by atoms with Crippen molar-refractivity contribution in [1.29, 1.82) is 0 Å². The Morgan fingerprint density at radius 1 is 1.37 bits per heavy atom. The SMILES string of the molecule is Cc1ccc(F)c(NC(=O)C2(CN)CCCC2)c1F. The maximum absolute atomic E-state index is 13.9. The van der Waals surface area contributed by atoms with Gasteiger partial charge >= 0.3 is 0 Å². The summed E-state index contributed by atoms with van der Waals surface area (Å²) in [6, 6.07) is 2.49. The molecule has 19 heavy (non-hydrogen) atoms. The van der Waals surface area contributed by atoms with Gasteiger partial charge in [-0.25, -0.2) is 8.78 Å². The van der Waals surface area contributed by atoms with Gasteiger partial charge < -0.3 is 11.1 Å². The zero-order valence-corrected chi connectivity index (χ0v) is 10.9. The van der Waals surface area contributed by atoms with E-state index in [1.54, 1.807) is 0 Å². The summed E-state index contributed by atoms with van der Waals surface area (Å²) in [5.74, 6) is -1.86. The van der Waals surface area contributed by atoms with E-state index in [0.717, 1.165) is 18.9 Å². The van der Waals surface area contributed by atoms with Gasteiger partial charge in [0.1, 0.15) is 11.5 Å². The zero-order valence-electron chi connectivity index (χ0n) is 10.9. The second-order valence-electron chi connectivity index (χ2n) is 5.20. The van der Waals surface area contributed by atoms with Gasteiger partial charge in [0.25, 0.3) is 0 Å². The smallest absolute Gasteiger partial charge is 0.232 e. The molecule has 104 valence electrons. The van der Waals surface area contributed by atoms with Crippen molar-refractivity contribution in [3.63, 3.8) is 0 Å². The van der Waals surface area contributed by atoms with Crippen LogP contribution in [0.5, 0.6) is 0 Å². The summed E-state index contributed by atoms with van der Waals surface area (Å²) in [7, 11) is 0. The molecule has 0 unspecified atom stereocenters. The van der Waals surface area contributed by atoms with Gasteiger partial charge in [0, 0.05) is 6.54 Å². The lowest BCUT2D eigenvalue weighted by Gasteiger charge is -2.26. The molecule has 3 nitrogen and oxygen atoms in total. The molecule has 1 aromatic rings. The van der Waals surface area contributed by atoms with Gasteiger partial charge in [-0.1, -0.05) is 18.9 Å². The van der Waals surface area contributed by atoms with Crippen LogP contribution >= 0.6 is 0 Å². The standard InChI is InChI=1S/C14H18F2N2O/c1-9-4-5-10(15)12(11(9)16)18-13(19)14(8-17)6-2-3-7-14/h4-5H,2-3,6-8,17H2,1H3,(H,18,19). The fourth-order valence-corrected chi connectivity index (χ4v) is 2.59. The fraction of sp³-hybridized carbons (Fsp3) is 0.500. The quantitative estimate of drug-likeness (QED) is 0.885. The zero-order chi connectivity index (χ0) is 14.0. The van der Waals surface area contributed by atoms with Crippen molar-refractivity contribution < 1.29 is 13.6 Å². The minimum atomic E-state index is -0.762. The maximum atomic E-state index is 13.9. The number of halogens is 2. The van der Waals surface area contributed by atoms with E-state index in [9.17, 15) is 13.6 Å². The number of nitrogens with one attached hydrogen (secondary N) is 1. The molecule has 0 heterocycles. The number of anilines is 1. The van der Waals surface area contributed by atoms with Crippen LogP contribution in [0.4, 0.5) is 14.5 Å². The summed E-state index contributed by atoms with van der Waals surface area (Å²) in [5.41, 5.74) is 4.93. The molecular formula is C14H18F2N2O. The molecule has 0 aromatic heterocycles. The molecule has 0 bridgehead atoms. The van der Waals surface area contributed by atoms with Crippen molar-refractivity contribution in [2.45, 2.75) is 32.6 Å². The summed E-state index contributed by atoms with van der Waals surface area (Å²) in [5, 5.41) is 2.38. The van der Waals surface area contributed by atoms with Gasteiger partial charge in [-0.15, -0.1) is 0 Å². The van der Waals surface area contributed by atoms with E-state index in [4.69, 9.17) is 5.73 Å². The lowest BCUT2D eigenvalue weighted by atomic mass is 9.85. The van der Waals surface area contributed by atoms with Crippen molar-refractivity contribution in [2.24, 2.45) is 11.1 Å². The van der Waals surface area contributed by atoms with Crippen molar-refractivity contribution in [1.82, 2.24) is 0 Å². The van der Waals surface area contributed by atoms with Gasteiger partial charge in [0.05, 0.1) is 5.41 Å². The Hall–Kier alpha value is -1.49. The van der Waals surface area contributed by atoms with Crippen LogP contribution in [0.3, 0.4) is 0 Å². The van der Waals surface area contributed by atoms with E-state index in [-0.39, 0.29) is 18.1 Å². The highest BCUT2D eigenvalue weighted by atomic mass is 19.1. The van der Waals surface area contributed by atoms with E-state index in [1.807, 2.05) is 0 Å². The largest absolute Gasteiger partial charge is 0.329 e. The first-order valence-corrected chi connectivity index (χ1v) is 6.46. The minimum absolute atomic E-state index is 0.202. The summed E-state index contributed by atoms with van der Waals surface area (Å²) in [4.78, 5) is 12.3. The van der Waals surface area contributed by atoms with Crippen molar-refractivity contribution in [3.05, 3.63) is 29.3 Å². The van der Waals surface area contributed by atoms with Gasteiger partial charge in [0.2, 0.25) is 5.91 Å². The predicted octanol–water partition coefficient (Wildman–Crippen LogP) is 2.73. The Kier molecular flexibility index (Phi) is 3.85. The molecule has 5 heteroatoms. The molecule has 0 aliphatic heterocycles. The van der Waals surface area contributed by atoms with Crippen molar-refractivity contribution in [3.8, 4) is 0 Å². The first-order valence-electron chi connectivity index (χ1n) is 6.46. The third-order valence-corrected chi connectivity index (χ3v) is 3.96. The highest BCUT2D eigenvalue weighted by molar-refractivity contribution is 5.96. The highest BCUT2D eigenvalue weighted by Crippen LogP contribution is 2.38. The second kappa shape index (κ2) is 5.25. The summed E-state index contributed by atoms with van der Waals surface area (Å²) in [6.07, 6.45) is 3.18. The monoisotopic (exact) mass is 268 g/mol. The maximum Gasteiger partial charge on any atom is 0.232 e. The van der Waals surface area contributed by atoms with Gasteiger partial charge in [-0.2, -0.15) is 0 Å². The van der Waals surface area contributed by atoms with Crippen LogP contribution in [-0.4, -0.2) is 12.5 Å². The summed E-state index contributed by atoms with van der Waals surface area (Å²) >= 11 is 0. The molecular weight excluding hydrogens is 250 g/mol. The van der Waals surface area contributed by atoms with E-state index in [0.29, 0.717) is 18.4 Å². The number of aryl methyl sites for hydroxylation is 1. The first kappa shape index (κ1) is 13.9. The lowest BCUT2D eigenvalue weighted by molar-refractivity contribution is -0.124. The molecule has 1 fully saturated rings. The molecule has 1 aliphatic rings. The van der Waals surface area contributed by atoms with Gasteiger partial charge in [-0.05, 0) is 31.4 Å². The first-order chi connectivity index (χ1) is 9.00. The number of benzene rings is 1. The Morgan fingerprint density at radius 2 is 2.00 bits per heavy atom. The van der Waals surface area contributed by atoms with Crippen molar-refractivity contribution >= 4 is 11.6 Å². The predicted molar refractivity (Wildman–Crippen MR) is 69.7 cm³/mol. The number of carbonyl (C=O) groups excluding carboxylic acids is 1. The van der Waals surface area contributed by atoms with Crippen LogP contribution in [0, 0.1) is 24.0 Å². The van der Waals surface area contributed by atoms with E-state index in [1.165, 1.54) is 13.0 Å². The van der Waals surface area contributed by atoms with Crippen LogP contribution in [-0.2, 0) is 4.79 Å². The van der Waals surface area contributed by atoms with Crippen LogP contribution in [0.15, 0.2) is 12.1 Å². The van der Waals surface area contributed by atoms with Crippen LogP contribution in [0.1, 0.15) is 31.2 Å². The number of carbonyl (C=O) groups is 1. The van der Waals surface area contributed by atoms with E-state index in [2.05, 4.69) is 5.32 Å². The number of nitrogens with two attached hydrogens (primary N) is 1. The highest BCUT2D eigenvalue weighted by Gasteiger charge is 2.40. The number of hydrogen-bond donors (Lipinski definition) is 2. The average molecular weight is 268 g/mol. The third kappa shape index (κ3) is 2.47. The van der Waals surface area contributed by atoms with Crippen LogP contribution in [0.2, 0.25) is 0 Å². The molecule has 1 amide bonds. The minimum Gasteiger partial charge on any atom is -0.329 e. The van der Waals surface area contributed by atoms with Crippen LogP contribution in [0.25, 0.3) is 0 Å². The average Bonchev–Trinajstić information content (AvgIpc) is 2.89. The summed E-state index contributed by atoms with van der Waals surface area (Å²) < 4.78 is 27.5. The second-order valence-corrected chi connectivity index (χ2v) is 5.20. The Bertz CT molecular complexity index is 496. The van der Waals surface area contributed by atoms with Gasteiger partial charge in [-0.3, -0.25) is 4.79 Å². The van der Waals surface area contributed by atoms with Crippen LogP contribution < -0.4 is 11.1 Å². The van der Waals surface area contributed by atoms with E-state index >= 15 is 0 Å². The fourth-order valence-electron chi connectivity index (χ4n) is 2.59. The van der Waals surface area contributed by atoms with E-state index < -0.39 is 17.0 Å². The lowest BCUT2D eigenvalue weighted by Crippen LogP contribution is -2.40. The molecule has 0 atom stereocenters. The number of rotatable bonds is 3. The molecule has 1 aromatic carbocycles. The Labute approximate surface area is 111 Å². The number of amides is 1. The molecule has 0 spiro atoms. The topological polar surface area (TPSA) is 55.1 Å². The molecule has 1 aliphatic carbocycles. The molecule has 0 saturated heterocycles. The molecule has 0 radical (unpaired) electrons.